The second-order valence-electron chi connectivity index (χ2n) is 8.20. The Morgan fingerprint density at radius 3 is 2.06 bits per heavy atom. The van der Waals surface area contributed by atoms with Gasteiger partial charge in [-0.15, -0.1) is 0 Å². The zero-order chi connectivity index (χ0) is 25.8. The highest BCUT2D eigenvalue weighted by Gasteiger charge is 2.43. The van der Waals surface area contributed by atoms with Crippen molar-refractivity contribution in [2.75, 3.05) is 19.1 Å². The molecule has 1 atom stereocenters. The zero-order valence-electron chi connectivity index (χ0n) is 20.2. The third-order valence-corrected chi connectivity index (χ3v) is 6.16. The third kappa shape index (κ3) is 4.21. The van der Waals surface area contributed by atoms with E-state index in [0.29, 0.717) is 11.3 Å². The second-order valence-corrected chi connectivity index (χ2v) is 8.20. The minimum absolute atomic E-state index is 0.0205. The summed E-state index contributed by atoms with van der Waals surface area (Å²) in [4.78, 5) is 27.8. The van der Waals surface area contributed by atoms with E-state index in [1.165, 1.54) is 19.1 Å². The Bertz CT molecular complexity index is 1420. The maximum absolute atomic E-state index is 13.2. The molecular weight excluding hydrogens is 454 g/mol. The van der Waals surface area contributed by atoms with Gasteiger partial charge in [0.25, 0.3) is 0 Å². The van der Waals surface area contributed by atoms with Gasteiger partial charge in [0.05, 0.1) is 43.0 Å². The predicted octanol–water partition coefficient (Wildman–Crippen LogP) is 4.56. The molecule has 180 valence electrons. The van der Waals surface area contributed by atoms with Crippen LogP contribution < -0.4 is 10.6 Å². The molecule has 3 aromatic carbocycles. The fourth-order valence-electron chi connectivity index (χ4n) is 4.48. The van der Waals surface area contributed by atoms with Crippen LogP contribution >= 0.6 is 0 Å². The average Bonchev–Trinajstić information content (AvgIpc) is 2.92. The number of rotatable bonds is 5. The summed E-state index contributed by atoms with van der Waals surface area (Å²) >= 11 is 0. The Morgan fingerprint density at radius 1 is 0.889 bits per heavy atom. The van der Waals surface area contributed by atoms with E-state index < -0.39 is 17.9 Å². The van der Waals surface area contributed by atoms with E-state index in [0.717, 1.165) is 16.7 Å². The zero-order valence-corrected chi connectivity index (χ0v) is 20.2. The number of nitrogens with two attached hydrogens (primary N) is 1. The number of aryl methyl sites for hydroxylation is 1. The van der Waals surface area contributed by atoms with Gasteiger partial charge in [0, 0.05) is 0 Å². The molecule has 2 N–H and O–H groups in total. The molecule has 7 heteroatoms. The number of hydrogen-bond acceptors (Lipinski definition) is 7. The summed E-state index contributed by atoms with van der Waals surface area (Å²) in [6.07, 6.45) is 0. The summed E-state index contributed by atoms with van der Waals surface area (Å²) < 4.78 is 10.2. The maximum Gasteiger partial charge on any atom is 0.355 e. The smallest absolute Gasteiger partial charge is 0.355 e. The van der Waals surface area contributed by atoms with Gasteiger partial charge >= 0.3 is 11.9 Å². The molecule has 4 rings (SSSR count). The quantitative estimate of drug-likeness (QED) is 0.535. The van der Waals surface area contributed by atoms with Gasteiger partial charge in [-0.05, 0) is 41.3 Å². The lowest BCUT2D eigenvalue weighted by Gasteiger charge is -2.36. The minimum Gasteiger partial charge on any atom is -0.466 e. The van der Waals surface area contributed by atoms with Crippen molar-refractivity contribution >= 4 is 17.6 Å². The molecule has 7 nitrogen and oxygen atoms in total. The number of nitrogens with zero attached hydrogens (tertiary/aromatic N) is 2. The summed E-state index contributed by atoms with van der Waals surface area (Å²) in [5, 5.41) is 10.2. The van der Waals surface area contributed by atoms with Crippen LogP contribution in [0.2, 0.25) is 0 Å². The molecule has 1 unspecified atom stereocenters. The Balaban J connectivity index is 2.00. The highest BCUT2D eigenvalue weighted by atomic mass is 16.5. The number of allylic oxidation sites excluding steroid dienone is 1. The first-order chi connectivity index (χ1) is 17.4. The van der Waals surface area contributed by atoms with Crippen molar-refractivity contribution < 1.29 is 19.1 Å². The Kier molecular flexibility index (Phi) is 6.88. The van der Waals surface area contributed by atoms with Crippen LogP contribution in [-0.4, -0.2) is 26.2 Å². The van der Waals surface area contributed by atoms with Crippen LogP contribution in [0, 0.1) is 18.3 Å². The molecule has 0 saturated heterocycles. The van der Waals surface area contributed by atoms with Crippen molar-refractivity contribution in [1.82, 2.24) is 0 Å². The number of methoxy groups -OCH3 is 2. The molecule has 1 heterocycles. The first-order valence-electron chi connectivity index (χ1n) is 11.2. The van der Waals surface area contributed by atoms with Crippen molar-refractivity contribution in [3.63, 3.8) is 0 Å². The Morgan fingerprint density at radius 2 is 1.50 bits per heavy atom. The van der Waals surface area contributed by atoms with Crippen LogP contribution in [0.5, 0.6) is 0 Å². The highest BCUT2D eigenvalue weighted by molar-refractivity contribution is 6.06. The number of hydrogen-bond donors (Lipinski definition) is 1. The van der Waals surface area contributed by atoms with Crippen LogP contribution in [0.1, 0.15) is 17.0 Å². The first-order valence-corrected chi connectivity index (χ1v) is 11.2. The molecule has 0 radical (unpaired) electrons. The van der Waals surface area contributed by atoms with Crippen molar-refractivity contribution in [2.45, 2.75) is 12.8 Å². The van der Waals surface area contributed by atoms with Crippen LogP contribution in [-0.2, 0) is 19.1 Å². The van der Waals surface area contributed by atoms with Crippen molar-refractivity contribution in [1.29, 1.82) is 5.26 Å². The number of carbonyl (C=O) groups excluding carboxylic acids is 2. The van der Waals surface area contributed by atoms with Gasteiger partial charge in [-0.2, -0.15) is 5.26 Å². The molecule has 0 aromatic heterocycles. The predicted molar refractivity (Wildman–Crippen MR) is 136 cm³/mol. The number of benzene rings is 3. The van der Waals surface area contributed by atoms with Crippen LogP contribution in [0.25, 0.3) is 11.1 Å². The average molecular weight is 480 g/mol. The molecule has 1 aliphatic heterocycles. The monoisotopic (exact) mass is 479 g/mol. The number of esters is 2. The largest absolute Gasteiger partial charge is 0.466 e. The van der Waals surface area contributed by atoms with Gasteiger partial charge in [0.2, 0.25) is 0 Å². The highest BCUT2D eigenvalue weighted by Crippen LogP contribution is 2.44. The molecule has 36 heavy (non-hydrogen) atoms. The van der Waals surface area contributed by atoms with E-state index >= 15 is 0 Å². The van der Waals surface area contributed by atoms with E-state index in [9.17, 15) is 14.9 Å². The summed E-state index contributed by atoms with van der Waals surface area (Å²) in [7, 11) is 2.45. The summed E-state index contributed by atoms with van der Waals surface area (Å²) in [6, 6.07) is 26.6. The number of nitriles is 1. The van der Waals surface area contributed by atoms with E-state index in [1.807, 2.05) is 55.5 Å². The van der Waals surface area contributed by atoms with Gasteiger partial charge in [-0.3, -0.25) is 4.90 Å². The minimum atomic E-state index is -0.905. The fraction of sp³-hybridized carbons (Fsp3) is 0.138. The lowest BCUT2D eigenvalue weighted by Crippen LogP contribution is -2.41. The van der Waals surface area contributed by atoms with Gasteiger partial charge in [-0.25, -0.2) is 9.59 Å². The fourth-order valence-corrected chi connectivity index (χ4v) is 4.48. The number of carbonyl (C=O) groups is 2. The van der Waals surface area contributed by atoms with Crippen molar-refractivity contribution in [2.24, 2.45) is 5.73 Å². The molecule has 0 fully saturated rings. The van der Waals surface area contributed by atoms with Gasteiger partial charge < -0.3 is 15.2 Å². The van der Waals surface area contributed by atoms with Gasteiger partial charge in [0.1, 0.15) is 11.5 Å². The van der Waals surface area contributed by atoms with Crippen LogP contribution in [0.4, 0.5) is 5.69 Å². The van der Waals surface area contributed by atoms with E-state index in [2.05, 4.69) is 6.07 Å². The molecule has 0 amide bonds. The van der Waals surface area contributed by atoms with Crippen molar-refractivity contribution in [3.05, 3.63) is 113 Å². The Labute approximate surface area is 209 Å². The molecule has 0 spiro atoms. The molecule has 0 saturated carbocycles. The van der Waals surface area contributed by atoms with Crippen molar-refractivity contribution in [3.8, 4) is 17.2 Å². The lowest BCUT2D eigenvalue weighted by molar-refractivity contribution is -0.139. The lowest BCUT2D eigenvalue weighted by atomic mass is 9.80. The standard InChI is InChI=1S/C29H25N3O4/c1-18-16-21(19-10-6-4-7-11-19)14-15-23(18)32-26(29(34)36-3)25(28(33)35-2)24(22(17-30)27(32)31)20-12-8-5-9-13-20/h4-16,24H,31H2,1-3H3. The third-order valence-electron chi connectivity index (χ3n) is 6.16. The molecule has 0 aliphatic carbocycles. The first kappa shape index (κ1) is 24.3. The second kappa shape index (κ2) is 10.2. The number of anilines is 1. The molecule has 1 aliphatic rings. The summed E-state index contributed by atoms with van der Waals surface area (Å²) in [6.45, 7) is 1.87. The van der Waals surface area contributed by atoms with Gasteiger partial charge in [-0.1, -0.05) is 66.7 Å². The van der Waals surface area contributed by atoms with E-state index in [1.54, 1.807) is 30.3 Å². The number of ether oxygens (including phenoxy) is 2. The van der Waals surface area contributed by atoms with Crippen LogP contribution in [0.3, 0.4) is 0 Å². The molecular formula is C29H25N3O4. The molecule has 3 aromatic rings. The van der Waals surface area contributed by atoms with E-state index in [4.69, 9.17) is 15.2 Å². The Hall–Kier alpha value is -4.83. The summed E-state index contributed by atoms with van der Waals surface area (Å²) in [5.41, 5.74) is 10.5. The molecule has 0 bridgehead atoms. The topological polar surface area (TPSA) is 106 Å². The SMILES string of the molecule is COC(=O)C1=C(C(=O)OC)N(c2ccc(-c3ccccc3)cc2C)C(N)=C(C#N)C1c1ccccc1. The van der Waals surface area contributed by atoms with Gasteiger partial charge in [0.15, 0.2) is 0 Å². The maximum atomic E-state index is 13.2. The normalized spacial score (nSPS) is 15.4. The van der Waals surface area contributed by atoms with E-state index in [-0.39, 0.29) is 22.7 Å². The summed E-state index contributed by atoms with van der Waals surface area (Å²) in [5.74, 6) is -2.40. The van der Waals surface area contributed by atoms with Crippen LogP contribution in [0.15, 0.2) is 102 Å².